The van der Waals surface area contributed by atoms with Crippen LogP contribution >= 0.6 is 11.8 Å². The maximum atomic E-state index is 11.2. The Morgan fingerprint density at radius 1 is 1.11 bits per heavy atom. The van der Waals surface area contributed by atoms with Crippen LogP contribution in [0, 0.1) is 11.3 Å². The molecule has 0 fully saturated rings. The minimum Gasteiger partial charge on any atom is -0.399 e. The van der Waals surface area contributed by atoms with E-state index in [4.69, 9.17) is 11.5 Å². The van der Waals surface area contributed by atoms with Gasteiger partial charge in [-0.2, -0.15) is 5.26 Å². The van der Waals surface area contributed by atoms with Crippen LogP contribution in [-0.4, -0.2) is 15.9 Å². The molecule has 3 aromatic rings. The minimum atomic E-state index is -0.155. The third kappa shape index (κ3) is 4.58. The number of carbonyl (C=O) groups excluding carboxylic acids is 1. The van der Waals surface area contributed by atoms with Crippen LogP contribution < -0.4 is 16.8 Å². The molecule has 7 nitrogen and oxygen atoms in total. The lowest BCUT2D eigenvalue weighted by atomic mass is 10.1. The van der Waals surface area contributed by atoms with E-state index in [9.17, 15) is 10.1 Å². The molecule has 0 aliphatic rings. The Bertz CT molecular complexity index is 1040. The molecule has 0 aliphatic carbocycles. The SMILES string of the molecule is CC(=O)Nc1ccc(-c2nc(SCc3ccc(N)cc3)nc(N)c2C#N)cc1. The quantitative estimate of drug-likeness (QED) is 0.345. The second kappa shape index (κ2) is 8.41. The summed E-state index contributed by atoms with van der Waals surface area (Å²) < 4.78 is 0. The summed E-state index contributed by atoms with van der Waals surface area (Å²) in [6, 6.07) is 16.7. The molecule has 1 aromatic heterocycles. The van der Waals surface area contributed by atoms with Crippen molar-refractivity contribution in [3.8, 4) is 17.3 Å². The predicted molar refractivity (Wildman–Crippen MR) is 111 cm³/mol. The zero-order valence-electron chi connectivity index (χ0n) is 15.1. The van der Waals surface area contributed by atoms with Crippen molar-refractivity contribution >= 4 is 34.9 Å². The molecule has 0 saturated heterocycles. The van der Waals surface area contributed by atoms with E-state index in [1.807, 2.05) is 24.3 Å². The summed E-state index contributed by atoms with van der Waals surface area (Å²) in [5, 5.41) is 12.7. The molecule has 1 heterocycles. The number of aromatic nitrogens is 2. The van der Waals surface area contributed by atoms with Crippen LogP contribution in [0.4, 0.5) is 17.2 Å². The largest absolute Gasteiger partial charge is 0.399 e. The van der Waals surface area contributed by atoms with Crippen molar-refractivity contribution in [1.82, 2.24) is 9.97 Å². The third-order valence-corrected chi connectivity index (χ3v) is 4.77. The van der Waals surface area contributed by atoms with Crippen molar-refractivity contribution < 1.29 is 4.79 Å². The molecule has 8 heteroatoms. The van der Waals surface area contributed by atoms with Crippen molar-refractivity contribution in [3.05, 3.63) is 59.7 Å². The molecule has 0 radical (unpaired) electrons. The van der Waals surface area contributed by atoms with Crippen molar-refractivity contribution in [3.63, 3.8) is 0 Å². The van der Waals surface area contributed by atoms with Crippen molar-refractivity contribution in [2.45, 2.75) is 17.8 Å². The molecular weight excluding hydrogens is 372 g/mol. The van der Waals surface area contributed by atoms with Crippen molar-refractivity contribution in [2.24, 2.45) is 0 Å². The normalized spacial score (nSPS) is 10.3. The minimum absolute atomic E-state index is 0.137. The van der Waals surface area contributed by atoms with Gasteiger partial charge in [0.2, 0.25) is 5.91 Å². The summed E-state index contributed by atoms with van der Waals surface area (Å²) in [5.74, 6) is 0.628. The standard InChI is InChI=1S/C20H18N6OS/c1-12(27)24-16-8-4-14(5-9-16)18-17(10-21)19(23)26-20(25-18)28-11-13-2-6-15(22)7-3-13/h2-9H,11,22H2,1H3,(H,24,27)(H2,23,25,26). The lowest BCUT2D eigenvalue weighted by Gasteiger charge is -2.10. The number of rotatable bonds is 5. The highest BCUT2D eigenvalue weighted by molar-refractivity contribution is 7.98. The molecule has 140 valence electrons. The van der Waals surface area contributed by atoms with Gasteiger partial charge in [-0.15, -0.1) is 0 Å². The Morgan fingerprint density at radius 2 is 1.79 bits per heavy atom. The number of hydrogen-bond donors (Lipinski definition) is 3. The Morgan fingerprint density at radius 3 is 2.39 bits per heavy atom. The van der Waals surface area contributed by atoms with Crippen LogP contribution in [0.25, 0.3) is 11.3 Å². The molecule has 5 N–H and O–H groups in total. The molecule has 0 spiro atoms. The van der Waals surface area contributed by atoms with Crippen LogP contribution in [-0.2, 0) is 10.5 Å². The molecule has 0 unspecified atom stereocenters. The molecule has 0 aliphatic heterocycles. The number of nitrogens with two attached hydrogens (primary N) is 2. The lowest BCUT2D eigenvalue weighted by molar-refractivity contribution is -0.114. The first-order valence-corrected chi connectivity index (χ1v) is 9.37. The number of anilines is 3. The summed E-state index contributed by atoms with van der Waals surface area (Å²) in [6.45, 7) is 1.44. The Balaban J connectivity index is 1.88. The number of amides is 1. The van der Waals surface area contributed by atoms with Gasteiger partial charge in [0, 0.05) is 29.6 Å². The zero-order chi connectivity index (χ0) is 20.1. The van der Waals surface area contributed by atoms with E-state index in [1.54, 1.807) is 24.3 Å². The number of nitrogens with one attached hydrogen (secondary N) is 1. The fraction of sp³-hybridized carbons (Fsp3) is 0.100. The van der Waals surface area contributed by atoms with Gasteiger partial charge in [0.25, 0.3) is 0 Å². The fourth-order valence-corrected chi connectivity index (χ4v) is 3.32. The average Bonchev–Trinajstić information content (AvgIpc) is 2.67. The van der Waals surface area contributed by atoms with Gasteiger partial charge < -0.3 is 16.8 Å². The number of benzene rings is 2. The highest BCUT2D eigenvalue weighted by atomic mass is 32.2. The van der Waals surface area contributed by atoms with Gasteiger partial charge >= 0.3 is 0 Å². The van der Waals surface area contributed by atoms with Gasteiger partial charge in [-0.05, 0) is 29.8 Å². The van der Waals surface area contributed by atoms with E-state index < -0.39 is 0 Å². The Labute approximate surface area is 166 Å². The number of hydrogen-bond acceptors (Lipinski definition) is 7. The second-order valence-electron chi connectivity index (χ2n) is 6.02. The zero-order valence-corrected chi connectivity index (χ0v) is 16.0. The Hall–Kier alpha value is -3.57. The number of nitrogens with zero attached hydrogens (tertiary/aromatic N) is 3. The van der Waals surface area contributed by atoms with Gasteiger partial charge in [-0.1, -0.05) is 36.0 Å². The number of nitrogen functional groups attached to an aromatic ring is 2. The monoisotopic (exact) mass is 390 g/mol. The van der Waals surface area contributed by atoms with E-state index >= 15 is 0 Å². The summed E-state index contributed by atoms with van der Waals surface area (Å²) in [7, 11) is 0. The van der Waals surface area contributed by atoms with Crippen LogP contribution in [0.2, 0.25) is 0 Å². The average molecular weight is 390 g/mol. The molecule has 28 heavy (non-hydrogen) atoms. The van der Waals surface area contributed by atoms with Crippen LogP contribution in [0.5, 0.6) is 0 Å². The molecule has 3 rings (SSSR count). The highest BCUT2D eigenvalue weighted by Gasteiger charge is 2.15. The van der Waals surface area contributed by atoms with Gasteiger partial charge in [0.15, 0.2) is 5.16 Å². The number of nitriles is 1. The van der Waals surface area contributed by atoms with Gasteiger partial charge in [-0.25, -0.2) is 9.97 Å². The molecular formula is C20H18N6OS. The first kappa shape index (κ1) is 19.2. The van der Waals surface area contributed by atoms with Crippen LogP contribution in [0.1, 0.15) is 18.1 Å². The number of thioether (sulfide) groups is 1. The van der Waals surface area contributed by atoms with Gasteiger partial charge in [0.1, 0.15) is 17.5 Å². The first-order chi connectivity index (χ1) is 13.5. The third-order valence-electron chi connectivity index (χ3n) is 3.85. The highest BCUT2D eigenvalue weighted by Crippen LogP contribution is 2.29. The van der Waals surface area contributed by atoms with E-state index in [1.165, 1.54) is 18.7 Å². The van der Waals surface area contributed by atoms with Crippen molar-refractivity contribution in [1.29, 1.82) is 5.26 Å². The van der Waals surface area contributed by atoms with Gasteiger partial charge in [0.05, 0.1) is 5.69 Å². The smallest absolute Gasteiger partial charge is 0.221 e. The maximum absolute atomic E-state index is 11.2. The lowest BCUT2D eigenvalue weighted by Crippen LogP contribution is -2.05. The predicted octanol–water partition coefficient (Wildman–Crippen LogP) is 3.43. The molecule has 0 atom stereocenters. The first-order valence-electron chi connectivity index (χ1n) is 8.39. The molecule has 0 bridgehead atoms. The Kier molecular flexibility index (Phi) is 5.77. The summed E-state index contributed by atoms with van der Waals surface area (Å²) in [4.78, 5) is 19.9. The van der Waals surface area contributed by atoms with E-state index in [0.717, 1.165) is 5.56 Å². The van der Waals surface area contributed by atoms with Crippen molar-refractivity contribution in [2.75, 3.05) is 16.8 Å². The maximum Gasteiger partial charge on any atom is 0.221 e. The molecule has 2 aromatic carbocycles. The molecule has 0 saturated carbocycles. The topological polar surface area (TPSA) is 131 Å². The number of carbonyl (C=O) groups is 1. The fourth-order valence-electron chi connectivity index (χ4n) is 2.52. The summed E-state index contributed by atoms with van der Waals surface area (Å²) >= 11 is 1.42. The van der Waals surface area contributed by atoms with Crippen LogP contribution in [0.3, 0.4) is 0 Å². The van der Waals surface area contributed by atoms with E-state index in [-0.39, 0.29) is 17.3 Å². The summed E-state index contributed by atoms with van der Waals surface area (Å²) in [6.07, 6.45) is 0. The second-order valence-corrected chi connectivity index (χ2v) is 6.96. The van der Waals surface area contributed by atoms with Gasteiger partial charge in [-0.3, -0.25) is 4.79 Å². The van der Waals surface area contributed by atoms with Crippen LogP contribution in [0.15, 0.2) is 53.7 Å². The summed E-state index contributed by atoms with van der Waals surface area (Å²) in [5.41, 5.74) is 15.5. The molecule has 1 amide bonds. The van der Waals surface area contributed by atoms with E-state index in [0.29, 0.717) is 33.5 Å². The van der Waals surface area contributed by atoms with E-state index in [2.05, 4.69) is 21.4 Å².